The summed E-state index contributed by atoms with van der Waals surface area (Å²) in [5, 5.41) is 12.0. The zero-order valence-electron chi connectivity index (χ0n) is 13.0. The minimum absolute atomic E-state index is 0.0122. The Bertz CT molecular complexity index is 714. The predicted octanol–water partition coefficient (Wildman–Crippen LogP) is 2.91. The van der Waals surface area contributed by atoms with E-state index < -0.39 is 0 Å². The first-order chi connectivity index (χ1) is 11.2. The number of fused-ring (bicyclic) bond motifs is 1. The largest absolute Gasteiger partial charge is 0.375 e. The number of carbonyl (C=O) groups is 1. The van der Waals surface area contributed by atoms with Crippen LogP contribution in [-0.4, -0.2) is 34.4 Å². The van der Waals surface area contributed by atoms with Crippen LogP contribution in [0, 0.1) is 0 Å². The van der Waals surface area contributed by atoms with E-state index in [0.717, 1.165) is 43.0 Å². The molecule has 23 heavy (non-hydrogen) atoms. The maximum absolute atomic E-state index is 11.7. The Morgan fingerprint density at radius 3 is 3.04 bits per heavy atom. The third-order valence-electron chi connectivity index (χ3n) is 3.88. The second kappa shape index (κ2) is 7.10. The summed E-state index contributed by atoms with van der Waals surface area (Å²) in [6, 6.07) is 5.36. The van der Waals surface area contributed by atoms with Crippen molar-refractivity contribution >= 4 is 23.2 Å². The fourth-order valence-corrected chi connectivity index (χ4v) is 2.99. The Morgan fingerprint density at radius 1 is 1.35 bits per heavy atom. The van der Waals surface area contributed by atoms with E-state index >= 15 is 0 Å². The van der Waals surface area contributed by atoms with Crippen LogP contribution in [0.3, 0.4) is 0 Å². The number of nitrogens with zero attached hydrogens (tertiary/aromatic N) is 3. The lowest BCUT2D eigenvalue weighted by atomic mass is 10.1. The molecule has 6 nitrogen and oxygen atoms in total. The van der Waals surface area contributed by atoms with Gasteiger partial charge < -0.3 is 14.6 Å². The first-order valence-corrected chi connectivity index (χ1v) is 8.07. The third-order valence-corrected chi connectivity index (χ3v) is 4.21. The highest BCUT2D eigenvalue weighted by Crippen LogP contribution is 2.31. The summed E-state index contributed by atoms with van der Waals surface area (Å²) in [6.07, 6.45) is 4.39. The molecule has 0 fully saturated rings. The number of rotatable bonds is 4. The number of hydrogen-bond acceptors (Lipinski definition) is 4. The van der Waals surface area contributed by atoms with Gasteiger partial charge >= 0.3 is 0 Å². The molecular weight excluding hydrogens is 316 g/mol. The van der Waals surface area contributed by atoms with Gasteiger partial charge in [0.2, 0.25) is 5.91 Å². The fraction of sp³-hybridized carbons (Fsp3) is 0.438. The summed E-state index contributed by atoms with van der Waals surface area (Å²) in [5.74, 6) is 1.55. The van der Waals surface area contributed by atoms with Crippen LogP contribution in [0.5, 0.6) is 0 Å². The summed E-state index contributed by atoms with van der Waals surface area (Å²) in [5.41, 5.74) is 1.44. The van der Waals surface area contributed by atoms with Gasteiger partial charge in [0.05, 0.1) is 5.02 Å². The first-order valence-electron chi connectivity index (χ1n) is 7.70. The van der Waals surface area contributed by atoms with Gasteiger partial charge in [-0.15, -0.1) is 10.2 Å². The average Bonchev–Trinajstić information content (AvgIpc) is 2.78. The highest BCUT2D eigenvalue weighted by Gasteiger charge is 2.18. The molecule has 1 N–H and O–H groups in total. The van der Waals surface area contributed by atoms with Gasteiger partial charge in [-0.25, -0.2) is 0 Å². The van der Waals surface area contributed by atoms with Crippen molar-refractivity contribution in [3.8, 4) is 11.4 Å². The number of benzene rings is 1. The molecule has 0 saturated carbocycles. The fourth-order valence-electron chi connectivity index (χ4n) is 2.79. The van der Waals surface area contributed by atoms with Crippen molar-refractivity contribution in [1.82, 2.24) is 14.8 Å². The summed E-state index contributed by atoms with van der Waals surface area (Å²) < 4.78 is 6.96. The lowest BCUT2D eigenvalue weighted by Crippen LogP contribution is -2.17. The maximum atomic E-state index is 11.7. The van der Waals surface area contributed by atoms with Crippen LogP contribution in [0.1, 0.15) is 25.1 Å². The van der Waals surface area contributed by atoms with Crippen LogP contribution in [0.4, 0.5) is 5.69 Å². The molecule has 1 aliphatic heterocycles. The van der Waals surface area contributed by atoms with Gasteiger partial charge in [-0.3, -0.25) is 4.79 Å². The zero-order chi connectivity index (χ0) is 16.2. The number of anilines is 1. The van der Waals surface area contributed by atoms with E-state index in [2.05, 4.69) is 20.1 Å². The van der Waals surface area contributed by atoms with E-state index in [1.165, 1.54) is 13.5 Å². The molecule has 2 heterocycles. The van der Waals surface area contributed by atoms with Gasteiger partial charge in [-0.05, 0) is 31.0 Å². The van der Waals surface area contributed by atoms with Gasteiger partial charge in [0.15, 0.2) is 5.82 Å². The average molecular weight is 335 g/mol. The Balaban J connectivity index is 1.93. The van der Waals surface area contributed by atoms with E-state index in [0.29, 0.717) is 10.7 Å². The Hall–Kier alpha value is -1.92. The van der Waals surface area contributed by atoms with E-state index in [4.69, 9.17) is 16.3 Å². The molecule has 1 aromatic carbocycles. The molecule has 1 aromatic heterocycles. The molecular formula is C16H19ClN4O2. The predicted molar refractivity (Wildman–Crippen MR) is 88.5 cm³/mol. The van der Waals surface area contributed by atoms with Gasteiger partial charge in [0, 0.05) is 31.3 Å². The topological polar surface area (TPSA) is 69.0 Å². The number of halogens is 1. The zero-order valence-corrected chi connectivity index (χ0v) is 13.8. The van der Waals surface area contributed by atoms with Gasteiger partial charge in [-0.1, -0.05) is 18.0 Å². The van der Waals surface area contributed by atoms with Crippen LogP contribution in [0.2, 0.25) is 5.02 Å². The van der Waals surface area contributed by atoms with E-state index in [-0.39, 0.29) is 12.5 Å². The molecule has 2 aromatic rings. The van der Waals surface area contributed by atoms with E-state index in [1.807, 2.05) is 6.07 Å². The molecule has 0 spiro atoms. The second-order valence-corrected chi connectivity index (χ2v) is 5.99. The van der Waals surface area contributed by atoms with Gasteiger partial charge in [-0.2, -0.15) is 0 Å². The van der Waals surface area contributed by atoms with E-state index in [9.17, 15) is 4.79 Å². The van der Waals surface area contributed by atoms with Crippen LogP contribution in [0.15, 0.2) is 18.2 Å². The van der Waals surface area contributed by atoms with Crippen molar-refractivity contribution in [2.75, 3.05) is 19.0 Å². The summed E-state index contributed by atoms with van der Waals surface area (Å²) >= 11 is 6.35. The molecule has 7 heteroatoms. The first kappa shape index (κ1) is 16.0. The van der Waals surface area contributed by atoms with Crippen molar-refractivity contribution < 1.29 is 9.53 Å². The number of aryl methyl sites for hydroxylation is 1. The monoisotopic (exact) mass is 334 g/mol. The minimum Gasteiger partial charge on any atom is -0.375 e. The summed E-state index contributed by atoms with van der Waals surface area (Å²) in [6.45, 7) is 0.909. The van der Waals surface area contributed by atoms with Crippen LogP contribution in [-0.2, 0) is 22.5 Å². The molecule has 0 bridgehead atoms. The van der Waals surface area contributed by atoms with Gasteiger partial charge in [0.1, 0.15) is 12.4 Å². The van der Waals surface area contributed by atoms with E-state index in [1.54, 1.807) is 12.1 Å². The number of nitrogens with one attached hydrogen (secondary N) is 1. The highest BCUT2D eigenvalue weighted by molar-refractivity contribution is 6.33. The van der Waals surface area contributed by atoms with Crippen LogP contribution >= 0.6 is 11.6 Å². The molecule has 1 aliphatic rings. The van der Waals surface area contributed by atoms with Crippen molar-refractivity contribution in [1.29, 1.82) is 0 Å². The molecule has 0 radical (unpaired) electrons. The quantitative estimate of drug-likeness (QED) is 0.933. The number of amides is 1. The van der Waals surface area contributed by atoms with Crippen molar-refractivity contribution in [3.05, 3.63) is 29.0 Å². The second-order valence-electron chi connectivity index (χ2n) is 5.58. The maximum Gasteiger partial charge on any atom is 0.250 e. The third kappa shape index (κ3) is 3.54. The standard InChI is InChI=1S/C16H19ClN4O2/c1-23-10-15(22)18-11-6-7-13(17)12(9-11)16-20-19-14-5-3-2-4-8-21(14)16/h6-7,9H,2-5,8,10H2,1H3,(H,18,22). The van der Waals surface area contributed by atoms with Gasteiger partial charge in [0.25, 0.3) is 0 Å². The number of carbonyl (C=O) groups excluding carboxylic acids is 1. The molecule has 0 unspecified atom stereocenters. The molecule has 0 atom stereocenters. The Morgan fingerprint density at radius 2 is 2.22 bits per heavy atom. The summed E-state index contributed by atoms with van der Waals surface area (Å²) in [4.78, 5) is 11.7. The summed E-state index contributed by atoms with van der Waals surface area (Å²) in [7, 11) is 1.48. The Labute approximate surface area is 139 Å². The number of ether oxygens (including phenoxy) is 1. The van der Waals surface area contributed by atoms with Crippen molar-refractivity contribution in [2.24, 2.45) is 0 Å². The highest BCUT2D eigenvalue weighted by atomic mass is 35.5. The normalized spacial score (nSPS) is 14.2. The van der Waals surface area contributed by atoms with Crippen molar-refractivity contribution in [2.45, 2.75) is 32.2 Å². The van der Waals surface area contributed by atoms with Crippen LogP contribution in [0.25, 0.3) is 11.4 Å². The van der Waals surface area contributed by atoms with Crippen LogP contribution < -0.4 is 5.32 Å². The molecule has 3 rings (SSSR count). The van der Waals surface area contributed by atoms with Crippen molar-refractivity contribution in [3.63, 3.8) is 0 Å². The minimum atomic E-state index is -0.208. The lowest BCUT2D eigenvalue weighted by Gasteiger charge is -2.11. The lowest BCUT2D eigenvalue weighted by molar-refractivity contribution is -0.119. The number of aromatic nitrogens is 3. The molecule has 0 saturated heterocycles. The Kier molecular flexibility index (Phi) is 4.93. The number of hydrogen-bond donors (Lipinski definition) is 1. The molecule has 0 aliphatic carbocycles. The molecule has 1 amide bonds. The molecule has 122 valence electrons. The SMILES string of the molecule is COCC(=O)Nc1ccc(Cl)c(-c2nnc3n2CCCCC3)c1. The number of methoxy groups -OCH3 is 1. The smallest absolute Gasteiger partial charge is 0.250 e.